The number of hydrogen-bond acceptors (Lipinski definition) is 7. The number of imide groups is 1. The Balaban J connectivity index is 1.94. The summed E-state index contributed by atoms with van der Waals surface area (Å²) < 4.78 is 29.2. The topological polar surface area (TPSA) is 107 Å². The van der Waals surface area contributed by atoms with E-state index in [1.807, 2.05) is 0 Å². The van der Waals surface area contributed by atoms with Gasteiger partial charge in [0.15, 0.2) is 9.84 Å². The average Bonchev–Trinajstić information content (AvgIpc) is 2.92. The van der Waals surface area contributed by atoms with Crippen molar-refractivity contribution < 1.29 is 32.4 Å². The molecule has 0 saturated heterocycles. The van der Waals surface area contributed by atoms with Crippen molar-refractivity contribution in [2.45, 2.75) is 11.8 Å². The lowest BCUT2D eigenvalue weighted by atomic mass is 10.1. The summed E-state index contributed by atoms with van der Waals surface area (Å²) in [6.07, 6.45) is 0. The maximum absolute atomic E-state index is 12.5. The molecule has 3 rings (SSSR count). The number of amides is 2. The molecule has 1 aliphatic heterocycles. The monoisotopic (exact) mass is 389 g/mol. The van der Waals surface area contributed by atoms with Crippen LogP contribution in [0.15, 0.2) is 47.4 Å². The fraction of sp³-hybridized carbons (Fsp3) is 0.167. The van der Waals surface area contributed by atoms with Crippen molar-refractivity contribution in [2.75, 3.05) is 12.9 Å². The van der Waals surface area contributed by atoms with Crippen LogP contribution in [-0.4, -0.2) is 44.1 Å². The highest BCUT2D eigenvalue weighted by molar-refractivity contribution is 7.91. The first kappa shape index (κ1) is 18.6. The predicted molar refractivity (Wildman–Crippen MR) is 93.1 cm³/mol. The van der Waals surface area contributed by atoms with Crippen LogP contribution in [0.25, 0.3) is 0 Å². The van der Waals surface area contributed by atoms with Gasteiger partial charge < -0.3 is 9.57 Å². The molecule has 0 aromatic heterocycles. The Morgan fingerprint density at radius 3 is 2.15 bits per heavy atom. The largest absolute Gasteiger partial charge is 0.496 e. The van der Waals surface area contributed by atoms with Gasteiger partial charge in [-0.15, -0.1) is 0 Å². The molecule has 0 fully saturated rings. The lowest BCUT2D eigenvalue weighted by Gasteiger charge is -2.15. The number of fused-ring (bicyclic) bond motifs is 1. The lowest BCUT2D eigenvalue weighted by molar-refractivity contribution is -0.0586. The van der Waals surface area contributed by atoms with Crippen molar-refractivity contribution in [2.24, 2.45) is 0 Å². The zero-order valence-electron chi connectivity index (χ0n) is 14.5. The van der Waals surface area contributed by atoms with Crippen molar-refractivity contribution >= 4 is 27.6 Å². The fourth-order valence-electron chi connectivity index (χ4n) is 2.59. The van der Waals surface area contributed by atoms with Gasteiger partial charge in [-0.2, -0.15) is 0 Å². The number of carbonyl (C=O) groups is 3. The van der Waals surface area contributed by atoms with E-state index in [2.05, 4.69) is 0 Å². The van der Waals surface area contributed by atoms with Crippen LogP contribution in [0.2, 0.25) is 0 Å². The van der Waals surface area contributed by atoms with E-state index < -0.39 is 27.6 Å². The molecule has 0 aliphatic carbocycles. The van der Waals surface area contributed by atoms with Crippen LogP contribution in [-0.2, 0) is 14.7 Å². The zero-order valence-corrected chi connectivity index (χ0v) is 15.3. The van der Waals surface area contributed by atoms with E-state index in [-0.39, 0.29) is 33.1 Å². The Hall–Kier alpha value is -3.20. The van der Waals surface area contributed by atoms with Crippen LogP contribution in [0.5, 0.6) is 5.75 Å². The maximum atomic E-state index is 12.5. The van der Waals surface area contributed by atoms with Gasteiger partial charge >= 0.3 is 5.97 Å². The van der Waals surface area contributed by atoms with Gasteiger partial charge in [0, 0.05) is 0 Å². The quantitative estimate of drug-likeness (QED) is 0.718. The molecule has 27 heavy (non-hydrogen) atoms. The van der Waals surface area contributed by atoms with Crippen LogP contribution in [0.3, 0.4) is 0 Å². The Bertz CT molecular complexity index is 1020. The van der Waals surface area contributed by atoms with Gasteiger partial charge in [0.05, 0.1) is 28.9 Å². The Kier molecular flexibility index (Phi) is 4.71. The Labute approximate surface area is 155 Å². The van der Waals surface area contributed by atoms with Crippen molar-refractivity contribution in [1.82, 2.24) is 5.06 Å². The summed E-state index contributed by atoms with van der Waals surface area (Å²) in [7, 11) is -2.29. The molecular formula is C18H15NO7S. The number of ether oxygens (including phenoxy) is 1. The van der Waals surface area contributed by atoms with Crippen LogP contribution in [0.4, 0.5) is 0 Å². The summed E-state index contributed by atoms with van der Waals surface area (Å²) >= 11 is 0. The molecule has 0 spiro atoms. The molecule has 2 amide bonds. The van der Waals surface area contributed by atoms with Crippen molar-refractivity contribution in [1.29, 1.82) is 0 Å². The molecule has 9 heteroatoms. The third-order valence-corrected chi connectivity index (χ3v) is 5.79. The summed E-state index contributed by atoms with van der Waals surface area (Å²) in [4.78, 5) is 42.0. The summed E-state index contributed by atoms with van der Waals surface area (Å²) in [6, 6.07) is 9.75. The highest BCUT2D eigenvalue weighted by Crippen LogP contribution is 2.27. The second-order valence-corrected chi connectivity index (χ2v) is 7.87. The van der Waals surface area contributed by atoms with E-state index in [4.69, 9.17) is 9.57 Å². The molecule has 0 radical (unpaired) electrons. The lowest BCUT2D eigenvalue weighted by Crippen LogP contribution is -2.32. The number of benzene rings is 2. The van der Waals surface area contributed by atoms with Gasteiger partial charge in [-0.3, -0.25) is 9.59 Å². The molecule has 0 N–H and O–H groups in total. The number of rotatable bonds is 5. The number of methoxy groups -OCH3 is 1. The smallest absolute Gasteiger partial charge is 0.367 e. The van der Waals surface area contributed by atoms with E-state index >= 15 is 0 Å². The first-order valence-electron chi connectivity index (χ1n) is 7.91. The number of hydrogen-bond donors (Lipinski definition) is 0. The van der Waals surface area contributed by atoms with E-state index in [0.717, 1.165) is 6.07 Å². The molecule has 0 unspecified atom stereocenters. The average molecular weight is 389 g/mol. The third kappa shape index (κ3) is 3.17. The standard InChI is InChI=1S/C18H15NO7S/c1-3-27(23,24)11-8-9-15(25-2)14(10-11)18(22)26-19-16(20)12-6-4-5-7-13(12)17(19)21/h4-10H,3H2,1-2H3. The molecule has 0 bridgehead atoms. The second-order valence-electron chi connectivity index (χ2n) is 5.59. The van der Waals surface area contributed by atoms with Gasteiger partial charge in [-0.05, 0) is 30.3 Å². The summed E-state index contributed by atoms with van der Waals surface area (Å²) in [5.74, 6) is -2.76. The molecular weight excluding hydrogens is 374 g/mol. The Morgan fingerprint density at radius 2 is 1.63 bits per heavy atom. The summed E-state index contributed by atoms with van der Waals surface area (Å²) in [5, 5.41) is 0.355. The highest BCUT2D eigenvalue weighted by Gasteiger charge is 2.39. The molecule has 0 atom stereocenters. The number of sulfone groups is 1. The van der Waals surface area contributed by atoms with E-state index in [1.54, 1.807) is 12.1 Å². The molecule has 8 nitrogen and oxygen atoms in total. The normalized spacial score (nSPS) is 13.5. The molecule has 1 heterocycles. The first-order valence-corrected chi connectivity index (χ1v) is 9.56. The number of nitrogens with zero attached hydrogens (tertiary/aromatic N) is 1. The van der Waals surface area contributed by atoms with Gasteiger partial charge in [-0.1, -0.05) is 24.1 Å². The third-order valence-electron chi connectivity index (χ3n) is 4.06. The fourth-order valence-corrected chi connectivity index (χ4v) is 3.49. The van der Waals surface area contributed by atoms with Crippen LogP contribution < -0.4 is 4.74 Å². The van der Waals surface area contributed by atoms with Crippen molar-refractivity contribution in [3.05, 3.63) is 59.2 Å². The van der Waals surface area contributed by atoms with E-state index in [0.29, 0.717) is 5.06 Å². The number of carbonyl (C=O) groups excluding carboxylic acids is 3. The summed E-state index contributed by atoms with van der Waals surface area (Å²) in [6.45, 7) is 1.47. The predicted octanol–water partition coefficient (Wildman–Crippen LogP) is 1.86. The van der Waals surface area contributed by atoms with E-state index in [9.17, 15) is 22.8 Å². The second kappa shape index (κ2) is 6.84. The first-order chi connectivity index (χ1) is 12.8. The van der Waals surface area contributed by atoms with Gasteiger partial charge in [0.25, 0.3) is 11.8 Å². The van der Waals surface area contributed by atoms with Crippen LogP contribution in [0, 0.1) is 0 Å². The van der Waals surface area contributed by atoms with Gasteiger partial charge in [0.1, 0.15) is 11.3 Å². The maximum Gasteiger partial charge on any atom is 0.367 e. The van der Waals surface area contributed by atoms with Crippen LogP contribution >= 0.6 is 0 Å². The number of hydroxylamine groups is 2. The van der Waals surface area contributed by atoms with Gasteiger partial charge in [-0.25, -0.2) is 13.2 Å². The van der Waals surface area contributed by atoms with Crippen molar-refractivity contribution in [3.63, 3.8) is 0 Å². The molecule has 2 aromatic carbocycles. The minimum atomic E-state index is -3.58. The van der Waals surface area contributed by atoms with Crippen LogP contribution in [0.1, 0.15) is 38.0 Å². The minimum Gasteiger partial charge on any atom is -0.496 e. The van der Waals surface area contributed by atoms with Gasteiger partial charge in [0.2, 0.25) is 0 Å². The highest BCUT2D eigenvalue weighted by atomic mass is 32.2. The summed E-state index contributed by atoms with van der Waals surface area (Å²) in [5.41, 5.74) is 0.0118. The molecule has 2 aromatic rings. The minimum absolute atomic E-state index is 0.0478. The van der Waals surface area contributed by atoms with Crippen molar-refractivity contribution in [3.8, 4) is 5.75 Å². The molecule has 0 saturated carbocycles. The molecule has 1 aliphatic rings. The SMILES string of the molecule is CCS(=O)(=O)c1ccc(OC)c(C(=O)ON2C(=O)c3ccccc3C2=O)c1. The zero-order chi connectivity index (χ0) is 19.8. The Morgan fingerprint density at radius 1 is 1.04 bits per heavy atom. The molecule has 140 valence electrons. The van der Waals surface area contributed by atoms with E-state index in [1.165, 1.54) is 38.3 Å².